The third-order valence-corrected chi connectivity index (χ3v) is 5.46. The molecule has 1 saturated heterocycles. The van der Waals surface area contributed by atoms with E-state index in [0.29, 0.717) is 19.0 Å². The first-order valence-electron chi connectivity index (χ1n) is 7.41. The van der Waals surface area contributed by atoms with Crippen LogP contribution in [-0.2, 0) is 10.0 Å². The Morgan fingerprint density at radius 3 is 2.57 bits per heavy atom. The molecule has 7 heteroatoms. The molecule has 21 heavy (non-hydrogen) atoms. The molecule has 2 rings (SSSR count). The van der Waals surface area contributed by atoms with Gasteiger partial charge in [-0.3, -0.25) is 0 Å². The zero-order valence-corrected chi connectivity index (χ0v) is 13.8. The van der Waals surface area contributed by atoms with E-state index in [9.17, 15) is 8.42 Å². The minimum atomic E-state index is -3.49. The Morgan fingerprint density at radius 1 is 1.33 bits per heavy atom. The van der Waals surface area contributed by atoms with E-state index in [-0.39, 0.29) is 10.3 Å². The van der Waals surface area contributed by atoms with Gasteiger partial charge < -0.3 is 5.32 Å². The van der Waals surface area contributed by atoms with Gasteiger partial charge in [-0.25, -0.2) is 18.4 Å². The van der Waals surface area contributed by atoms with Gasteiger partial charge in [0.2, 0.25) is 16.0 Å². The van der Waals surface area contributed by atoms with E-state index in [0.717, 1.165) is 25.8 Å². The third-order valence-electron chi connectivity index (χ3n) is 3.66. The lowest BCUT2D eigenvalue weighted by atomic mass is 9.85. The second-order valence-corrected chi connectivity index (χ2v) is 8.21. The molecule has 0 aromatic carbocycles. The number of rotatable bonds is 5. The average Bonchev–Trinajstić information content (AvgIpc) is 2.44. The number of nitrogens with one attached hydrogen (secondary N) is 1. The van der Waals surface area contributed by atoms with Gasteiger partial charge in [-0.2, -0.15) is 4.31 Å². The van der Waals surface area contributed by atoms with Crippen LogP contribution < -0.4 is 5.32 Å². The summed E-state index contributed by atoms with van der Waals surface area (Å²) in [6.07, 6.45) is 5.69. The number of hydrogen-bond donors (Lipinski definition) is 1. The van der Waals surface area contributed by atoms with Crippen LogP contribution in [0.5, 0.6) is 0 Å². The molecule has 0 unspecified atom stereocenters. The summed E-state index contributed by atoms with van der Waals surface area (Å²) in [7, 11) is -3.49. The fourth-order valence-electron chi connectivity index (χ4n) is 2.50. The molecule has 0 radical (unpaired) electrons. The summed E-state index contributed by atoms with van der Waals surface area (Å²) in [6.45, 7) is 8.13. The Bertz CT molecular complexity index is 569. The number of anilines is 1. The van der Waals surface area contributed by atoms with E-state index < -0.39 is 10.0 Å². The molecular weight excluding hydrogens is 288 g/mol. The minimum absolute atomic E-state index is 0.0226. The maximum atomic E-state index is 12.6. The van der Waals surface area contributed by atoms with Gasteiger partial charge in [0.1, 0.15) is 4.90 Å². The van der Waals surface area contributed by atoms with Crippen molar-refractivity contribution >= 4 is 16.0 Å². The number of aromatic nitrogens is 2. The molecule has 0 saturated carbocycles. The zero-order chi connectivity index (χ0) is 15.5. The maximum absolute atomic E-state index is 12.6. The average molecular weight is 312 g/mol. The predicted octanol–water partition coefficient (Wildman–Crippen LogP) is 2.11. The molecule has 1 N–H and O–H groups in total. The Morgan fingerprint density at radius 2 is 2.00 bits per heavy atom. The van der Waals surface area contributed by atoms with E-state index in [1.54, 1.807) is 4.31 Å². The number of piperidine rings is 1. The second kappa shape index (κ2) is 6.27. The molecule has 6 nitrogen and oxygen atoms in total. The molecule has 0 bridgehead atoms. The first-order valence-corrected chi connectivity index (χ1v) is 8.85. The fraction of sp³-hybridized carbons (Fsp3) is 0.714. The van der Waals surface area contributed by atoms with Crippen molar-refractivity contribution in [3.8, 4) is 0 Å². The van der Waals surface area contributed by atoms with Gasteiger partial charge in [0.05, 0.1) is 12.4 Å². The van der Waals surface area contributed by atoms with Crippen molar-refractivity contribution in [1.29, 1.82) is 0 Å². The SMILES string of the molecule is CCCNc1ncc(S(=O)(=O)N2CCCC(C)(C)C2)cn1. The van der Waals surface area contributed by atoms with Gasteiger partial charge >= 0.3 is 0 Å². The van der Waals surface area contributed by atoms with Crippen molar-refractivity contribution in [3.63, 3.8) is 0 Å². The molecule has 118 valence electrons. The van der Waals surface area contributed by atoms with Crippen molar-refractivity contribution in [1.82, 2.24) is 14.3 Å². The minimum Gasteiger partial charge on any atom is -0.354 e. The summed E-state index contributed by atoms with van der Waals surface area (Å²) >= 11 is 0. The molecule has 1 aromatic rings. The van der Waals surface area contributed by atoms with Gasteiger partial charge in [-0.05, 0) is 24.7 Å². The second-order valence-electron chi connectivity index (χ2n) is 6.28. The van der Waals surface area contributed by atoms with Gasteiger partial charge in [-0.15, -0.1) is 0 Å². The normalized spacial score (nSPS) is 19.4. The van der Waals surface area contributed by atoms with Crippen LogP contribution in [-0.4, -0.2) is 42.3 Å². The molecule has 0 atom stereocenters. The van der Waals surface area contributed by atoms with Crippen molar-refractivity contribution in [2.75, 3.05) is 25.0 Å². The molecule has 1 aliphatic heterocycles. The summed E-state index contributed by atoms with van der Waals surface area (Å²) in [4.78, 5) is 8.34. The first-order chi connectivity index (χ1) is 9.85. The van der Waals surface area contributed by atoms with Crippen LogP contribution in [0, 0.1) is 5.41 Å². The van der Waals surface area contributed by atoms with E-state index in [1.165, 1.54) is 12.4 Å². The molecule has 2 heterocycles. The van der Waals surface area contributed by atoms with Crippen LogP contribution in [0.3, 0.4) is 0 Å². The Kier molecular flexibility index (Phi) is 4.83. The molecule has 1 aromatic heterocycles. The third kappa shape index (κ3) is 3.91. The van der Waals surface area contributed by atoms with Crippen molar-refractivity contribution in [2.24, 2.45) is 5.41 Å². The van der Waals surface area contributed by atoms with Gasteiger partial charge in [0.15, 0.2) is 0 Å². The Hall–Kier alpha value is -1.21. The zero-order valence-electron chi connectivity index (χ0n) is 13.0. The molecule has 1 aliphatic rings. The topological polar surface area (TPSA) is 75.2 Å². The van der Waals surface area contributed by atoms with E-state index in [4.69, 9.17) is 0 Å². The summed E-state index contributed by atoms with van der Waals surface area (Å²) in [5, 5.41) is 3.03. The van der Waals surface area contributed by atoms with Crippen LogP contribution in [0.25, 0.3) is 0 Å². The highest BCUT2D eigenvalue weighted by Crippen LogP contribution is 2.31. The van der Waals surface area contributed by atoms with Crippen LogP contribution in [0.2, 0.25) is 0 Å². The lowest BCUT2D eigenvalue weighted by molar-refractivity contribution is 0.187. The van der Waals surface area contributed by atoms with Crippen molar-refractivity contribution < 1.29 is 8.42 Å². The Balaban J connectivity index is 2.15. The monoisotopic (exact) mass is 312 g/mol. The number of hydrogen-bond acceptors (Lipinski definition) is 5. The largest absolute Gasteiger partial charge is 0.354 e. The van der Waals surface area contributed by atoms with Crippen LogP contribution in [0.4, 0.5) is 5.95 Å². The highest BCUT2D eigenvalue weighted by atomic mass is 32.2. The standard InChI is InChI=1S/C14H24N4O2S/c1-4-7-15-13-16-9-12(10-17-13)21(19,20)18-8-5-6-14(2,3)11-18/h9-10H,4-8,11H2,1-3H3,(H,15,16,17). The molecule has 0 aliphatic carbocycles. The summed E-state index contributed by atoms with van der Waals surface area (Å²) in [5.41, 5.74) is 0.0226. The van der Waals surface area contributed by atoms with Crippen molar-refractivity contribution in [2.45, 2.75) is 44.9 Å². The summed E-state index contributed by atoms with van der Waals surface area (Å²) in [5.74, 6) is 0.467. The molecule has 0 spiro atoms. The fourth-order valence-corrected chi connectivity index (χ4v) is 4.06. The predicted molar refractivity (Wildman–Crippen MR) is 82.6 cm³/mol. The van der Waals surface area contributed by atoms with E-state index >= 15 is 0 Å². The molecule has 1 fully saturated rings. The van der Waals surface area contributed by atoms with Crippen LogP contribution in [0.1, 0.15) is 40.0 Å². The molecule has 0 amide bonds. The first kappa shape index (κ1) is 16.2. The van der Waals surface area contributed by atoms with E-state index in [1.807, 2.05) is 6.92 Å². The quantitative estimate of drug-likeness (QED) is 0.901. The number of nitrogens with zero attached hydrogens (tertiary/aromatic N) is 3. The molecular formula is C14H24N4O2S. The lowest BCUT2D eigenvalue weighted by Crippen LogP contribution is -2.43. The lowest BCUT2D eigenvalue weighted by Gasteiger charge is -2.37. The summed E-state index contributed by atoms with van der Waals surface area (Å²) in [6, 6.07) is 0. The summed E-state index contributed by atoms with van der Waals surface area (Å²) < 4.78 is 26.8. The van der Waals surface area contributed by atoms with Crippen LogP contribution in [0.15, 0.2) is 17.3 Å². The highest BCUT2D eigenvalue weighted by Gasteiger charge is 2.34. The van der Waals surface area contributed by atoms with Crippen molar-refractivity contribution in [3.05, 3.63) is 12.4 Å². The van der Waals surface area contributed by atoms with Gasteiger partial charge in [0, 0.05) is 19.6 Å². The van der Waals surface area contributed by atoms with E-state index in [2.05, 4.69) is 29.1 Å². The van der Waals surface area contributed by atoms with Crippen LogP contribution >= 0.6 is 0 Å². The van der Waals surface area contributed by atoms with Gasteiger partial charge in [-0.1, -0.05) is 20.8 Å². The maximum Gasteiger partial charge on any atom is 0.246 e. The highest BCUT2D eigenvalue weighted by molar-refractivity contribution is 7.89. The smallest absolute Gasteiger partial charge is 0.246 e. The number of sulfonamides is 1. The Labute approximate surface area is 127 Å². The van der Waals surface area contributed by atoms with Gasteiger partial charge in [0.25, 0.3) is 0 Å².